The zero-order valence-electron chi connectivity index (χ0n) is 18.6. The minimum Gasteiger partial charge on any atom is -0.482 e. The molecule has 0 amide bonds. The van der Waals surface area contributed by atoms with Crippen LogP contribution >= 0.6 is 0 Å². The van der Waals surface area contributed by atoms with E-state index in [1.807, 2.05) is 53.3 Å². The monoisotopic (exact) mass is 453 g/mol. The smallest absolute Gasteiger partial charge is 0.343 e. The summed E-state index contributed by atoms with van der Waals surface area (Å²) in [5, 5.41) is 4.74. The Morgan fingerprint density at radius 1 is 1.00 bits per heavy atom. The number of rotatable bonds is 9. The Labute approximate surface area is 197 Å². The first kappa shape index (κ1) is 22.7. The number of allylic oxidation sites excluding steroid dienone is 1. The number of ketones is 1. The van der Waals surface area contributed by atoms with Crippen molar-refractivity contribution >= 4 is 17.8 Å². The van der Waals surface area contributed by atoms with Gasteiger partial charge in [0.15, 0.2) is 12.4 Å². The molecule has 0 radical (unpaired) electrons. The van der Waals surface area contributed by atoms with Crippen LogP contribution in [0.15, 0.2) is 91.4 Å². The summed E-state index contributed by atoms with van der Waals surface area (Å²) in [6, 6.07) is 20.4. The number of hydrogen-bond donors (Lipinski definition) is 0. The maximum atomic E-state index is 12.7. The van der Waals surface area contributed by atoms with Crippen molar-refractivity contribution in [3.63, 3.8) is 0 Å². The molecule has 0 saturated heterocycles. The number of carbonyl (C=O) groups is 2. The molecule has 2 aromatic carbocycles. The second-order valence-electron chi connectivity index (χ2n) is 7.44. The molecule has 0 aliphatic carbocycles. The Balaban J connectivity index is 1.53. The maximum absolute atomic E-state index is 12.7. The molecule has 7 heteroatoms. The summed E-state index contributed by atoms with van der Waals surface area (Å²) in [7, 11) is 1.30. The van der Waals surface area contributed by atoms with E-state index in [0.717, 1.165) is 22.4 Å². The van der Waals surface area contributed by atoms with Gasteiger partial charge in [-0.3, -0.25) is 14.5 Å². The van der Waals surface area contributed by atoms with Crippen LogP contribution < -0.4 is 4.74 Å². The van der Waals surface area contributed by atoms with Crippen molar-refractivity contribution in [1.29, 1.82) is 0 Å². The number of carbonyl (C=O) groups excluding carboxylic acids is 2. The lowest BCUT2D eigenvalue weighted by Gasteiger charge is -2.05. The Bertz CT molecular complexity index is 1280. The van der Waals surface area contributed by atoms with Gasteiger partial charge in [-0.25, -0.2) is 4.79 Å². The van der Waals surface area contributed by atoms with Crippen molar-refractivity contribution in [2.45, 2.75) is 6.54 Å². The number of pyridine rings is 1. The summed E-state index contributed by atoms with van der Waals surface area (Å²) in [5.74, 6) is -0.153. The third-order valence-electron chi connectivity index (χ3n) is 5.05. The van der Waals surface area contributed by atoms with Gasteiger partial charge in [0.05, 0.1) is 13.7 Å². The number of ether oxygens (including phenoxy) is 2. The highest BCUT2D eigenvalue weighted by molar-refractivity contribution is 6.07. The second-order valence-corrected chi connectivity index (χ2v) is 7.44. The first-order valence-corrected chi connectivity index (χ1v) is 10.7. The number of hydrogen-bond acceptors (Lipinski definition) is 6. The summed E-state index contributed by atoms with van der Waals surface area (Å²) in [4.78, 5) is 28.1. The highest BCUT2D eigenvalue weighted by Crippen LogP contribution is 2.23. The summed E-state index contributed by atoms with van der Waals surface area (Å²) in [6.07, 6.45) is 8.67. The summed E-state index contributed by atoms with van der Waals surface area (Å²) < 4.78 is 11.7. The SMILES string of the molecule is COC(=O)COc1ccc(C(=O)/C=C/c2cn(Cc3ccccc3)nc2-c2cccnc2)cc1. The molecule has 2 heterocycles. The minimum absolute atomic E-state index is 0.160. The average Bonchev–Trinajstić information content (AvgIpc) is 3.29. The molecular weight excluding hydrogens is 430 g/mol. The van der Waals surface area contributed by atoms with E-state index in [2.05, 4.69) is 9.72 Å². The molecule has 0 saturated carbocycles. The molecule has 2 aromatic heterocycles. The average molecular weight is 453 g/mol. The number of nitrogens with zero attached hydrogens (tertiary/aromatic N) is 3. The first-order valence-electron chi connectivity index (χ1n) is 10.7. The van der Waals surface area contributed by atoms with Gasteiger partial charge in [0.25, 0.3) is 0 Å². The number of benzene rings is 2. The number of aromatic nitrogens is 3. The van der Waals surface area contributed by atoms with Crippen LogP contribution in [-0.4, -0.2) is 40.2 Å². The summed E-state index contributed by atoms with van der Waals surface area (Å²) in [6.45, 7) is 0.427. The fraction of sp³-hybridized carbons (Fsp3) is 0.111. The van der Waals surface area contributed by atoms with Gasteiger partial charge in [-0.2, -0.15) is 5.10 Å². The van der Waals surface area contributed by atoms with Crippen molar-refractivity contribution in [2.75, 3.05) is 13.7 Å². The van der Waals surface area contributed by atoms with E-state index in [0.29, 0.717) is 17.9 Å². The Morgan fingerprint density at radius 3 is 2.50 bits per heavy atom. The van der Waals surface area contributed by atoms with E-state index >= 15 is 0 Å². The lowest BCUT2D eigenvalue weighted by Crippen LogP contribution is -2.12. The quantitative estimate of drug-likeness (QED) is 0.212. The molecule has 0 N–H and O–H groups in total. The molecule has 0 bridgehead atoms. The van der Waals surface area contributed by atoms with E-state index in [-0.39, 0.29) is 12.4 Å². The molecule has 4 rings (SSSR count). The van der Waals surface area contributed by atoms with Crippen molar-refractivity contribution in [2.24, 2.45) is 0 Å². The lowest BCUT2D eigenvalue weighted by atomic mass is 10.1. The van der Waals surface area contributed by atoms with Crippen molar-refractivity contribution in [3.05, 3.63) is 108 Å². The molecular formula is C27H23N3O4. The Kier molecular flexibility index (Phi) is 7.25. The van der Waals surface area contributed by atoms with Crippen LogP contribution in [0.3, 0.4) is 0 Å². The van der Waals surface area contributed by atoms with Crippen LogP contribution in [-0.2, 0) is 16.1 Å². The van der Waals surface area contributed by atoms with Crippen LogP contribution in [0.5, 0.6) is 5.75 Å². The third kappa shape index (κ3) is 5.83. The Hall–Kier alpha value is -4.52. The number of esters is 1. The van der Waals surface area contributed by atoms with Gasteiger partial charge in [0, 0.05) is 35.3 Å². The van der Waals surface area contributed by atoms with Gasteiger partial charge in [-0.05, 0) is 54.1 Å². The standard InChI is InChI=1S/C27H23N3O4/c1-33-26(32)19-34-24-12-9-21(10-13-24)25(31)14-11-23-18-30(17-20-6-3-2-4-7-20)29-27(23)22-8-5-15-28-16-22/h2-16,18H,17,19H2,1H3/b14-11+. The van der Waals surface area contributed by atoms with Crippen LogP contribution in [0.1, 0.15) is 21.5 Å². The summed E-state index contributed by atoms with van der Waals surface area (Å²) in [5.41, 5.74) is 4.06. The van der Waals surface area contributed by atoms with E-state index in [4.69, 9.17) is 9.84 Å². The lowest BCUT2D eigenvalue weighted by molar-refractivity contribution is -0.142. The van der Waals surface area contributed by atoms with Crippen LogP contribution in [0, 0.1) is 0 Å². The maximum Gasteiger partial charge on any atom is 0.343 e. The van der Waals surface area contributed by atoms with Crippen molar-refractivity contribution < 1.29 is 19.1 Å². The molecule has 7 nitrogen and oxygen atoms in total. The minimum atomic E-state index is -0.472. The van der Waals surface area contributed by atoms with E-state index in [1.165, 1.54) is 13.2 Å². The fourth-order valence-electron chi connectivity index (χ4n) is 3.32. The molecule has 170 valence electrons. The number of methoxy groups -OCH3 is 1. The van der Waals surface area contributed by atoms with Crippen LogP contribution in [0.25, 0.3) is 17.3 Å². The van der Waals surface area contributed by atoms with Crippen molar-refractivity contribution in [3.8, 4) is 17.0 Å². The largest absolute Gasteiger partial charge is 0.482 e. The molecule has 34 heavy (non-hydrogen) atoms. The molecule has 0 fully saturated rings. The topological polar surface area (TPSA) is 83.3 Å². The highest BCUT2D eigenvalue weighted by Gasteiger charge is 2.11. The highest BCUT2D eigenvalue weighted by atomic mass is 16.6. The molecule has 0 unspecified atom stereocenters. The fourth-order valence-corrected chi connectivity index (χ4v) is 3.32. The predicted molar refractivity (Wildman–Crippen MR) is 128 cm³/mol. The van der Waals surface area contributed by atoms with Gasteiger partial charge < -0.3 is 9.47 Å². The second kappa shape index (κ2) is 10.9. The predicted octanol–water partition coefficient (Wildman–Crippen LogP) is 4.44. The zero-order chi connectivity index (χ0) is 23.8. The van der Waals surface area contributed by atoms with Crippen LogP contribution in [0.2, 0.25) is 0 Å². The molecule has 0 atom stereocenters. The van der Waals surface area contributed by atoms with Gasteiger partial charge in [0.2, 0.25) is 0 Å². The molecule has 0 aliphatic rings. The van der Waals surface area contributed by atoms with E-state index in [9.17, 15) is 9.59 Å². The zero-order valence-corrected chi connectivity index (χ0v) is 18.6. The molecule has 4 aromatic rings. The summed E-state index contributed by atoms with van der Waals surface area (Å²) >= 11 is 0. The van der Waals surface area contributed by atoms with Gasteiger partial charge in [-0.1, -0.05) is 30.3 Å². The van der Waals surface area contributed by atoms with Gasteiger partial charge in [0.1, 0.15) is 11.4 Å². The van der Waals surface area contributed by atoms with E-state index in [1.54, 1.807) is 42.7 Å². The van der Waals surface area contributed by atoms with Gasteiger partial charge >= 0.3 is 5.97 Å². The third-order valence-corrected chi connectivity index (χ3v) is 5.05. The first-order chi connectivity index (χ1) is 16.6. The normalized spacial score (nSPS) is 10.9. The van der Waals surface area contributed by atoms with Crippen molar-refractivity contribution in [1.82, 2.24) is 14.8 Å². The Morgan fingerprint density at radius 2 is 1.79 bits per heavy atom. The van der Waals surface area contributed by atoms with Crippen LogP contribution in [0.4, 0.5) is 0 Å². The van der Waals surface area contributed by atoms with Gasteiger partial charge in [-0.15, -0.1) is 0 Å². The van der Waals surface area contributed by atoms with E-state index < -0.39 is 5.97 Å². The molecule has 0 aliphatic heterocycles. The molecule has 0 spiro atoms.